The summed E-state index contributed by atoms with van der Waals surface area (Å²) in [5.74, 6) is 0.0167. The van der Waals surface area contributed by atoms with E-state index in [0.717, 1.165) is 11.1 Å². The van der Waals surface area contributed by atoms with Crippen molar-refractivity contribution < 1.29 is 4.39 Å². The number of nitrogens with two attached hydrogens (primary N) is 2. The van der Waals surface area contributed by atoms with E-state index in [-0.39, 0.29) is 12.2 Å². The van der Waals surface area contributed by atoms with Gasteiger partial charge < -0.3 is 11.5 Å². The fourth-order valence-electron chi connectivity index (χ4n) is 2.12. The third kappa shape index (κ3) is 2.85. The van der Waals surface area contributed by atoms with E-state index in [9.17, 15) is 4.39 Å². The highest BCUT2D eigenvalue weighted by Gasteiger charge is 2.17. The van der Waals surface area contributed by atoms with Crippen molar-refractivity contribution in [2.75, 3.05) is 5.73 Å². The van der Waals surface area contributed by atoms with Crippen LogP contribution in [0.25, 0.3) is 0 Å². The van der Waals surface area contributed by atoms with E-state index in [0.29, 0.717) is 16.4 Å². The summed E-state index contributed by atoms with van der Waals surface area (Å²) in [7, 11) is 0. The highest BCUT2D eigenvalue weighted by molar-refractivity contribution is 6.31. The Labute approximate surface area is 116 Å². The lowest BCUT2D eigenvalue weighted by atomic mass is 9.96. The SMILES string of the molecule is Cc1ccnc(N)c1C(N)Cc1c(F)cccc1Cl. The summed E-state index contributed by atoms with van der Waals surface area (Å²) in [5.41, 5.74) is 14.0. The van der Waals surface area contributed by atoms with Gasteiger partial charge in [-0.15, -0.1) is 0 Å². The van der Waals surface area contributed by atoms with Crippen molar-refractivity contribution in [3.63, 3.8) is 0 Å². The number of aryl methyl sites for hydroxylation is 1. The Hall–Kier alpha value is -1.65. The van der Waals surface area contributed by atoms with Gasteiger partial charge in [0, 0.05) is 28.4 Å². The maximum absolute atomic E-state index is 13.7. The number of aromatic nitrogens is 1. The van der Waals surface area contributed by atoms with E-state index in [1.54, 1.807) is 18.3 Å². The molecule has 0 aliphatic carbocycles. The monoisotopic (exact) mass is 279 g/mol. The molecule has 0 fully saturated rings. The van der Waals surface area contributed by atoms with Gasteiger partial charge in [-0.3, -0.25) is 0 Å². The second kappa shape index (κ2) is 5.55. The van der Waals surface area contributed by atoms with Gasteiger partial charge in [0.05, 0.1) is 0 Å². The smallest absolute Gasteiger partial charge is 0.128 e. The minimum absolute atomic E-state index is 0.280. The third-order valence-corrected chi connectivity index (χ3v) is 3.45. The molecule has 2 aromatic rings. The molecule has 0 saturated carbocycles. The molecule has 4 N–H and O–H groups in total. The molecule has 0 aliphatic rings. The van der Waals surface area contributed by atoms with Crippen molar-refractivity contribution in [3.8, 4) is 0 Å². The average molecular weight is 280 g/mol. The molecule has 0 amide bonds. The molecular weight excluding hydrogens is 265 g/mol. The van der Waals surface area contributed by atoms with Crippen LogP contribution < -0.4 is 11.5 Å². The first-order valence-electron chi connectivity index (χ1n) is 5.90. The molecule has 3 nitrogen and oxygen atoms in total. The molecule has 1 heterocycles. The average Bonchev–Trinajstić information content (AvgIpc) is 2.34. The first-order valence-corrected chi connectivity index (χ1v) is 6.28. The van der Waals surface area contributed by atoms with Crippen LogP contribution in [0.15, 0.2) is 30.5 Å². The van der Waals surface area contributed by atoms with Crippen molar-refractivity contribution >= 4 is 17.4 Å². The fourth-order valence-corrected chi connectivity index (χ4v) is 2.36. The Morgan fingerprint density at radius 2 is 2.11 bits per heavy atom. The molecule has 1 unspecified atom stereocenters. The van der Waals surface area contributed by atoms with Crippen molar-refractivity contribution in [1.82, 2.24) is 4.98 Å². The van der Waals surface area contributed by atoms with Gasteiger partial charge in [-0.05, 0) is 37.1 Å². The zero-order valence-electron chi connectivity index (χ0n) is 10.5. The summed E-state index contributed by atoms with van der Waals surface area (Å²) < 4.78 is 13.7. The highest BCUT2D eigenvalue weighted by Crippen LogP contribution is 2.28. The van der Waals surface area contributed by atoms with Crippen molar-refractivity contribution in [1.29, 1.82) is 0 Å². The minimum Gasteiger partial charge on any atom is -0.383 e. The maximum Gasteiger partial charge on any atom is 0.128 e. The van der Waals surface area contributed by atoms with E-state index < -0.39 is 6.04 Å². The normalized spacial score (nSPS) is 12.4. The van der Waals surface area contributed by atoms with Gasteiger partial charge in [0.1, 0.15) is 11.6 Å². The Morgan fingerprint density at radius 1 is 1.37 bits per heavy atom. The van der Waals surface area contributed by atoms with Crippen LogP contribution in [0.5, 0.6) is 0 Å². The lowest BCUT2D eigenvalue weighted by Gasteiger charge is -2.17. The van der Waals surface area contributed by atoms with E-state index >= 15 is 0 Å². The molecule has 0 bridgehead atoms. The van der Waals surface area contributed by atoms with Crippen LogP contribution in [0.4, 0.5) is 10.2 Å². The van der Waals surface area contributed by atoms with Gasteiger partial charge in [-0.1, -0.05) is 17.7 Å². The summed E-state index contributed by atoms with van der Waals surface area (Å²) in [6, 6.07) is 5.97. The summed E-state index contributed by atoms with van der Waals surface area (Å²) in [5, 5.41) is 0.371. The highest BCUT2D eigenvalue weighted by atomic mass is 35.5. The van der Waals surface area contributed by atoms with Gasteiger partial charge in [0.25, 0.3) is 0 Å². The van der Waals surface area contributed by atoms with Crippen LogP contribution in [0, 0.1) is 12.7 Å². The molecule has 1 aromatic carbocycles. The number of anilines is 1. The molecule has 1 atom stereocenters. The molecule has 1 aromatic heterocycles. The van der Waals surface area contributed by atoms with Gasteiger partial charge in [0.15, 0.2) is 0 Å². The number of pyridine rings is 1. The van der Waals surface area contributed by atoms with Gasteiger partial charge in [-0.25, -0.2) is 9.37 Å². The Kier molecular flexibility index (Phi) is 4.02. The molecule has 0 radical (unpaired) electrons. The van der Waals surface area contributed by atoms with Gasteiger partial charge in [-0.2, -0.15) is 0 Å². The standard InChI is InChI=1S/C14H15ClFN3/c1-8-5-6-19-14(18)13(8)12(17)7-9-10(15)3-2-4-11(9)16/h2-6,12H,7,17H2,1H3,(H2,18,19). The molecule has 0 spiro atoms. The zero-order valence-corrected chi connectivity index (χ0v) is 11.3. The third-order valence-electron chi connectivity index (χ3n) is 3.10. The van der Waals surface area contributed by atoms with Crippen molar-refractivity contribution in [3.05, 3.63) is 58.0 Å². The summed E-state index contributed by atoms with van der Waals surface area (Å²) >= 11 is 6.00. The number of hydrogen-bond donors (Lipinski definition) is 2. The van der Waals surface area contributed by atoms with Gasteiger partial charge >= 0.3 is 0 Å². The minimum atomic E-state index is -0.442. The molecule has 2 rings (SSSR count). The summed E-state index contributed by atoms with van der Waals surface area (Å²) in [6.07, 6.45) is 1.90. The zero-order chi connectivity index (χ0) is 14.0. The number of nitrogen functional groups attached to an aromatic ring is 1. The van der Waals surface area contributed by atoms with Crippen LogP contribution in [-0.4, -0.2) is 4.98 Å². The van der Waals surface area contributed by atoms with E-state index in [1.807, 2.05) is 13.0 Å². The van der Waals surface area contributed by atoms with Crippen LogP contribution in [0.3, 0.4) is 0 Å². The number of nitrogens with zero attached hydrogens (tertiary/aromatic N) is 1. The Balaban J connectivity index is 2.34. The van der Waals surface area contributed by atoms with E-state index in [1.165, 1.54) is 6.07 Å². The number of rotatable bonds is 3. The first kappa shape index (κ1) is 13.8. The van der Waals surface area contributed by atoms with Crippen LogP contribution in [0.2, 0.25) is 5.02 Å². The lowest BCUT2D eigenvalue weighted by Crippen LogP contribution is -2.18. The fraction of sp³-hybridized carbons (Fsp3) is 0.214. The van der Waals surface area contributed by atoms with Crippen molar-refractivity contribution in [2.24, 2.45) is 5.73 Å². The maximum atomic E-state index is 13.7. The summed E-state index contributed by atoms with van der Waals surface area (Å²) in [6.45, 7) is 1.90. The van der Waals surface area contributed by atoms with E-state index in [2.05, 4.69) is 4.98 Å². The van der Waals surface area contributed by atoms with Crippen LogP contribution in [-0.2, 0) is 6.42 Å². The molecule has 100 valence electrons. The largest absolute Gasteiger partial charge is 0.383 e. The predicted molar refractivity (Wildman–Crippen MR) is 75.4 cm³/mol. The topological polar surface area (TPSA) is 64.9 Å². The quantitative estimate of drug-likeness (QED) is 0.908. The number of benzene rings is 1. The molecule has 0 aliphatic heterocycles. The van der Waals surface area contributed by atoms with E-state index in [4.69, 9.17) is 23.1 Å². The lowest BCUT2D eigenvalue weighted by molar-refractivity contribution is 0.593. The predicted octanol–water partition coefficient (Wildman–Crippen LogP) is 3.01. The Bertz CT molecular complexity index is 561. The second-order valence-corrected chi connectivity index (χ2v) is 4.84. The van der Waals surface area contributed by atoms with Crippen LogP contribution in [0.1, 0.15) is 22.7 Å². The second-order valence-electron chi connectivity index (χ2n) is 4.44. The van der Waals surface area contributed by atoms with Crippen LogP contribution >= 0.6 is 11.6 Å². The number of halogens is 2. The molecular formula is C14H15ClFN3. The first-order chi connectivity index (χ1) is 9.00. The molecule has 0 saturated heterocycles. The Morgan fingerprint density at radius 3 is 2.74 bits per heavy atom. The number of hydrogen-bond acceptors (Lipinski definition) is 3. The molecule has 19 heavy (non-hydrogen) atoms. The van der Waals surface area contributed by atoms with Gasteiger partial charge in [0.2, 0.25) is 0 Å². The summed E-state index contributed by atoms with van der Waals surface area (Å²) in [4.78, 5) is 4.02. The molecule has 5 heteroatoms. The van der Waals surface area contributed by atoms with Crippen molar-refractivity contribution in [2.45, 2.75) is 19.4 Å².